The lowest BCUT2D eigenvalue weighted by molar-refractivity contribution is 0.293. The SMILES string of the molecule is COc1cccc(COc2ccc(F)nc2)c1F. The van der Waals surface area contributed by atoms with Crippen molar-refractivity contribution in [2.45, 2.75) is 6.61 Å². The van der Waals surface area contributed by atoms with E-state index in [4.69, 9.17) is 9.47 Å². The molecule has 0 bridgehead atoms. The fraction of sp³-hybridized carbons (Fsp3) is 0.154. The summed E-state index contributed by atoms with van der Waals surface area (Å²) in [6, 6.07) is 7.40. The second-order valence-electron chi connectivity index (χ2n) is 3.54. The van der Waals surface area contributed by atoms with Gasteiger partial charge in [-0.15, -0.1) is 0 Å². The van der Waals surface area contributed by atoms with E-state index >= 15 is 0 Å². The maximum atomic E-state index is 13.8. The Hall–Kier alpha value is -2.17. The van der Waals surface area contributed by atoms with E-state index in [1.165, 1.54) is 31.5 Å². The second kappa shape index (κ2) is 5.44. The number of hydrogen-bond acceptors (Lipinski definition) is 3. The Balaban J connectivity index is 2.08. The average Bonchev–Trinajstić information content (AvgIpc) is 2.39. The van der Waals surface area contributed by atoms with Crippen LogP contribution in [0.25, 0.3) is 0 Å². The van der Waals surface area contributed by atoms with Crippen LogP contribution < -0.4 is 9.47 Å². The molecule has 2 aromatic rings. The summed E-state index contributed by atoms with van der Waals surface area (Å²) in [5.41, 5.74) is 0.360. The van der Waals surface area contributed by atoms with Crippen molar-refractivity contribution < 1.29 is 18.3 Å². The molecule has 0 fully saturated rings. The van der Waals surface area contributed by atoms with Gasteiger partial charge < -0.3 is 9.47 Å². The first-order valence-electron chi connectivity index (χ1n) is 5.26. The second-order valence-corrected chi connectivity index (χ2v) is 3.54. The molecule has 0 unspecified atom stereocenters. The van der Waals surface area contributed by atoms with Crippen LogP contribution in [0.5, 0.6) is 11.5 Å². The van der Waals surface area contributed by atoms with E-state index in [0.717, 1.165) is 0 Å². The van der Waals surface area contributed by atoms with Crippen LogP contribution in [0.3, 0.4) is 0 Å². The summed E-state index contributed by atoms with van der Waals surface area (Å²) in [6.45, 7) is 0.0242. The fourth-order valence-electron chi connectivity index (χ4n) is 1.43. The molecular weight excluding hydrogens is 240 g/mol. The van der Waals surface area contributed by atoms with Crippen molar-refractivity contribution in [3.05, 3.63) is 53.9 Å². The third-order valence-electron chi connectivity index (χ3n) is 2.36. The lowest BCUT2D eigenvalue weighted by Gasteiger charge is -2.08. The van der Waals surface area contributed by atoms with Gasteiger partial charge in [-0.2, -0.15) is 4.39 Å². The van der Waals surface area contributed by atoms with Crippen LogP contribution in [0, 0.1) is 11.8 Å². The van der Waals surface area contributed by atoms with Gasteiger partial charge in [-0.05, 0) is 18.2 Å². The van der Waals surface area contributed by atoms with E-state index < -0.39 is 11.8 Å². The zero-order valence-electron chi connectivity index (χ0n) is 9.69. The molecule has 0 aliphatic carbocycles. The molecular formula is C13H11F2NO2. The normalized spacial score (nSPS) is 10.2. The van der Waals surface area contributed by atoms with Gasteiger partial charge in [0.2, 0.25) is 5.95 Å². The maximum absolute atomic E-state index is 13.8. The topological polar surface area (TPSA) is 31.4 Å². The number of aromatic nitrogens is 1. The average molecular weight is 251 g/mol. The summed E-state index contributed by atoms with van der Waals surface area (Å²) < 4.78 is 36.5. The Labute approximate surface area is 103 Å². The van der Waals surface area contributed by atoms with Gasteiger partial charge in [-0.3, -0.25) is 0 Å². The molecule has 1 aromatic carbocycles. The predicted molar refractivity (Wildman–Crippen MR) is 61.5 cm³/mol. The number of methoxy groups -OCH3 is 1. The first-order chi connectivity index (χ1) is 8.70. The summed E-state index contributed by atoms with van der Waals surface area (Å²) in [7, 11) is 1.40. The monoisotopic (exact) mass is 251 g/mol. The molecule has 3 nitrogen and oxygen atoms in total. The van der Waals surface area contributed by atoms with Crippen LogP contribution in [-0.2, 0) is 6.61 Å². The molecule has 0 radical (unpaired) electrons. The molecule has 0 amide bonds. The standard InChI is InChI=1S/C13H11F2NO2/c1-17-11-4-2-3-9(13(11)15)8-18-10-5-6-12(14)16-7-10/h2-7H,8H2,1H3. The Bertz CT molecular complexity index is 529. The molecule has 1 heterocycles. The van der Waals surface area contributed by atoms with Crippen LogP contribution in [0.15, 0.2) is 36.5 Å². The number of halogens is 2. The van der Waals surface area contributed by atoms with Gasteiger partial charge in [0.15, 0.2) is 11.6 Å². The highest BCUT2D eigenvalue weighted by Crippen LogP contribution is 2.21. The number of benzene rings is 1. The summed E-state index contributed by atoms with van der Waals surface area (Å²) in [4.78, 5) is 3.44. The molecule has 0 aliphatic heterocycles. The number of pyridine rings is 1. The third kappa shape index (κ3) is 2.74. The molecule has 0 atom stereocenters. The molecule has 1 aromatic heterocycles. The highest BCUT2D eigenvalue weighted by Gasteiger charge is 2.08. The van der Waals surface area contributed by atoms with E-state index in [0.29, 0.717) is 11.3 Å². The highest BCUT2D eigenvalue weighted by molar-refractivity contribution is 5.31. The van der Waals surface area contributed by atoms with Gasteiger partial charge in [-0.1, -0.05) is 12.1 Å². The van der Waals surface area contributed by atoms with Gasteiger partial charge in [0.25, 0.3) is 0 Å². The van der Waals surface area contributed by atoms with E-state index in [2.05, 4.69) is 4.98 Å². The molecule has 0 saturated heterocycles. The molecule has 94 valence electrons. The molecule has 2 rings (SSSR count). The molecule has 18 heavy (non-hydrogen) atoms. The Morgan fingerprint density at radius 2 is 2.00 bits per heavy atom. The van der Waals surface area contributed by atoms with E-state index in [1.54, 1.807) is 12.1 Å². The first kappa shape index (κ1) is 12.3. The van der Waals surface area contributed by atoms with Gasteiger partial charge in [-0.25, -0.2) is 9.37 Å². The van der Waals surface area contributed by atoms with E-state index in [-0.39, 0.29) is 12.4 Å². The van der Waals surface area contributed by atoms with Crippen LogP contribution >= 0.6 is 0 Å². The quantitative estimate of drug-likeness (QED) is 0.783. The summed E-state index contributed by atoms with van der Waals surface area (Å²) in [5, 5.41) is 0. The number of hydrogen-bond donors (Lipinski definition) is 0. The van der Waals surface area contributed by atoms with Gasteiger partial charge >= 0.3 is 0 Å². The van der Waals surface area contributed by atoms with Gasteiger partial charge in [0.05, 0.1) is 13.3 Å². The highest BCUT2D eigenvalue weighted by atomic mass is 19.1. The predicted octanol–water partition coefficient (Wildman–Crippen LogP) is 2.95. The summed E-state index contributed by atoms with van der Waals surface area (Å²) in [5.74, 6) is -0.517. The molecule has 0 saturated carbocycles. The third-order valence-corrected chi connectivity index (χ3v) is 2.36. The van der Waals surface area contributed by atoms with Crippen LogP contribution in [0.4, 0.5) is 8.78 Å². The number of nitrogens with zero attached hydrogens (tertiary/aromatic N) is 1. The minimum absolute atomic E-state index is 0.0242. The van der Waals surface area contributed by atoms with Crippen molar-refractivity contribution in [3.63, 3.8) is 0 Å². The molecule has 0 aliphatic rings. The minimum Gasteiger partial charge on any atom is -0.494 e. The van der Waals surface area contributed by atoms with Crippen molar-refractivity contribution in [1.82, 2.24) is 4.98 Å². The van der Waals surface area contributed by atoms with E-state index in [9.17, 15) is 8.78 Å². The fourth-order valence-corrected chi connectivity index (χ4v) is 1.43. The first-order valence-corrected chi connectivity index (χ1v) is 5.26. The Morgan fingerprint density at radius 1 is 1.17 bits per heavy atom. The van der Waals surface area contributed by atoms with E-state index in [1.807, 2.05) is 0 Å². The lowest BCUT2D eigenvalue weighted by Crippen LogP contribution is -2.00. The van der Waals surface area contributed by atoms with Gasteiger partial charge in [0, 0.05) is 5.56 Å². The van der Waals surface area contributed by atoms with Crippen molar-refractivity contribution >= 4 is 0 Å². The van der Waals surface area contributed by atoms with Gasteiger partial charge in [0.1, 0.15) is 12.4 Å². The smallest absolute Gasteiger partial charge is 0.213 e. The zero-order chi connectivity index (χ0) is 13.0. The van der Waals surface area contributed by atoms with Crippen LogP contribution in [-0.4, -0.2) is 12.1 Å². The Kier molecular flexibility index (Phi) is 3.72. The maximum Gasteiger partial charge on any atom is 0.213 e. The minimum atomic E-state index is -0.588. The van der Waals surface area contributed by atoms with Crippen molar-refractivity contribution in [3.8, 4) is 11.5 Å². The molecule has 0 spiro atoms. The number of rotatable bonds is 4. The lowest BCUT2D eigenvalue weighted by atomic mass is 10.2. The Morgan fingerprint density at radius 3 is 2.67 bits per heavy atom. The largest absolute Gasteiger partial charge is 0.494 e. The summed E-state index contributed by atoms with van der Waals surface area (Å²) >= 11 is 0. The van der Waals surface area contributed by atoms with Crippen molar-refractivity contribution in [1.29, 1.82) is 0 Å². The van der Waals surface area contributed by atoms with Crippen LogP contribution in [0.2, 0.25) is 0 Å². The zero-order valence-corrected chi connectivity index (χ0v) is 9.69. The van der Waals surface area contributed by atoms with Crippen LogP contribution in [0.1, 0.15) is 5.56 Å². The number of ether oxygens (including phenoxy) is 2. The van der Waals surface area contributed by atoms with Crippen molar-refractivity contribution in [2.75, 3.05) is 7.11 Å². The summed E-state index contributed by atoms with van der Waals surface area (Å²) in [6.07, 6.45) is 1.24. The molecule has 5 heteroatoms. The van der Waals surface area contributed by atoms with Crippen molar-refractivity contribution in [2.24, 2.45) is 0 Å². The molecule has 0 N–H and O–H groups in total.